The van der Waals surface area contributed by atoms with Crippen molar-refractivity contribution in [2.24, 2.45) is 7.05 Å². The number of hydrogen-bond acceptors (Lipinski definition) is 3. The van der Waals surface area contributed by atoms with Crippen LogP contribution in [0.1, 0.15) is 23.0 Å². The van der Waals surface area contributed by atoms with Crippen LogP contribution in [0.3, 0.4) is 0 Å². The molecule has 0 aliphatic rings. The van der Waals surface area contributed by atoms with Crippen molar-refractivity contribution < 1.29 is 0 Å². The number of likely N-dealkylation sites (N-methyl/N-ethyl adjacent to an activating group) is 1. The molecule has 0 fully saturated rings. The van der Waals surface area contributed by atoms with Gasteiger partial charge in [0.1, 0.15) is 12.2 Å². The molecule has 1 unspecified atom stereocenters. The molecule has 1 atom stereocenters. The molecule has 0 saturated carbocycles. The van der Waals surface area contributed by atoms with E-state index in [9.17, 15) is 0 Å². The topological polar surface area (TPSA) is 42.7 Å². The molecule has 1 aromatic carbocycles. The number of aromatic nitrogens is 3. The minimum absolute atomic E-state index is 0.139. The second kappa shape index (κ2) is 5.50. The van der Waals surface area contributed by atoms with Gasteiger partial charge in [-0.25, -0.2) is 4.98 Å². The van der Waals surface area contributed by atoms with E-state index in [2.05, 4.69) is 15.4 Å². The van der Waals surface area contributed by atoms with Gasteiger partial charge in [0, 0.05) is 24.5 Å². The van der Waals surface area contributed by atoms with Crippen molar-refractivity contribution >= 4 is 11.6 Å². The first-order valence-electron chi connectivity index (χ1n) is 5.88. The van der Waals surface area contributed by atoms with E-state index in [1.807, 2.05) is 39.2 Å². The van der Waals surface area contributed by atoms with Crippen molar-refractivity contribution in [2.45, 2.75) is 19.4 Å². The Morgan fingerprint density at radius 1 is 1.44 bits per heavy atom. The van der Waals surface area contributed by atoms with Crippen LogP contribution in [0.15, 0.2) is 24.5 Å². The summed E-state index contributed by atoms with van der Waals surface area (Å²) < 4.78 is 1.79. The molecule has 1 heterocycles. The summed E-state index contributed by atoms with van der Waals surface area (Å²) in [6, 6.07) is 6.23. The van der Waals surface area contributed by atoms with E-state index >= 15 is 0 Å². The Morgan fingerprint density at radius 3 is 2.83 bits per heavy atom. The lowest BCUT2D eigenvalue weighted by molar-refractivity contribution is 0.553. The molecule has 1 aromatic heterocycles. The van der Waals surface area contributed by atoms with Gasteiger partial charge in [-0.3, -0.25) is 4.68 Å². The van der Waals surface area contributed by atoms with Gasteiger partial charge in [0.2, 0.25) is 0 Å². The van der Waals surface area contributed by atoms with Gasteiger partial charge in [-0.2, -0.15) is 5.10 Å². The minimum atomic E-state index is 0.139. The summed E-state index contributed by atoms with van der Waals surface area (Å²) in [6.07, 6.45) is 2.33. The number of halogens is 1. The summed E-state index contributed by atoms with van der Waals surface area (Å²) in [5, 5.41) is 8.19. The highest BCUT2D eigenvalue weighted by atomic mass is 35.5. The Bertz CT molecular complexity index is 536. The molecule has 0 bridgehead atoms. The predicted molar refractivity (Wildman–Crippen MR) is 72.7 cm³/mol. The number of rotatable bonds is 4. The Kier molecular flexibility index (Phi) is 3.99. The molecule has 2 rings (SSSR count). The van der Waals surface area contributed by atoms with Gasteiger partial charge >= 0.3 is 0 Å². The third kappa shape index (κ3) is 2.54. The van der Waals surface area contributed by atoms with Crippen molar-refractivity contribution in [3.63, 3.8) is 0 Å². The molecular weight excluding hydrogens is 248 g/mol. The third-order valence-electron chi connectivity index (χ3n) is 3.14. The van der Waals surface area contributed by atoms with Crippen LogP contribution < -0.4 is 5.32 Å². The number of nitrogens with zero attached hydrogens (tertiary/aromatic N) is 3. The fourth-order valence-corrected chi connectivity index (χ4v) is 2.25. The SMILES string of the molecule is CNC(Cc1ncnn1C)c1cccc(C)c1Cl. The normalized spacial score (nSPS) is 12.7. The summed E-state index contributed by atoms with van der Waals surface area (Å²) >= 11 is 6.36. The third-order valence-corrected chi connectivity index (χ3v) is 3.65. The van der Waals surface area contributed by atoms with Crippen molar-refractivity contribution in [3.8, 4) is 0 Å². The Hall–Kier alpha value is -1.39. The summed E-state index contributed by atoms with van der Waals surface area (Å²) in [6.45, 7) is 2.01. The standard InChI is InChI=1S/C13H17ClN4/c1-9-5-4-6-10(13(9)14)11(15-2)7-12-16-8-17-18(12)3/h4-6,8,11,15H,7H2,1-3H3. The molecule has 0 radical (unpaired) electrons. The average Bonchev–Trinajstić information content (AvgIpc) is 2.76. The minimum Gasteiger partial charge on any atom is -0.313 e. The van der Waals surface area contributed by atoms with Crippen molar-refractivity contribution in [3.05, 3.63) is 46.5 Å². The molecule has 2 aromatic rings. The van der Waals surface area contributed by atoms with Crippen molar-refractivity contribution in [1.29, 1.82) is 0 Å². The molecule has 0 amide bonds. The zero-order valence-corrected chi connectivity index (χ0v) is 11.6. The van der Waals surface area contributed by atoms with Gasteiger partial charge in [0.05, 0.1) is 0 Å². The van der Waals surface area contributed by atoms with Crippen LogP contribution in [0.4, 0.5) is 0 Å². The summed E-state index contributed by atoms with van der Waals surface area (Å²) in [7, 11) is 3.83. The molecule has 1 N–H and O–H groups in total. The summed E-state index contributed by atoms with van der Waals surface area (Å²) in [4.78, 5) is 4.25. The molecule has 18 heavy (non-hydrogen) atoms. The first-order chi connectivity index (χ1) is 8.63. The molecule has 4 nitrogen and oxygen atoms in total. The smallest absolute Gasteiger partial charge is 0.138 e. The predicted octanol–water partition coefficient (Wildman–Crippen LogP) is 2.28. The van der Waals surface area contributed by atoms with Crippen LogP contribution in [0.5, 0.6) is 0 Å². The van der Waals surface area contributed by atoms with E-state index in [0.717, 1.165) is 28.4 Å². The quantitative estimate of drug-likeness (QED) is 0.921. The van der Waals surface area contributed by atoms with Crippen LogP contribution in [-0.2, 0) is 13.5 Å². The number of benzene rings is 1. The number of aryl methyl sites for hydroxylation is 2. The molecular formula is C13H17ClN4. The lowest BCUT2D eigenvalue weighted by Crippen LogP contribution is -2.21. The van der Waals surface area contributed by atoms with Crippen LogP contribution in [0, 0.1) is 6.92 Å². The van der Waals surface area contributed by atoms with E-state index < -0.39 is 0 Å². The molecule has 0 saturated heterocycles. The molecule has 96 valence electrons. The van der Waals surface area contributed by atoms with E-state index in [-0.39, 0.29) is 6.04 Å². The van der Waals surface area contributed by atoms with Crippen LogP contribution >= 0.6 is 11.6 Å². The second-order valence-corrected chi connectivity index (χ2v) is 4.70. The van der Waals surface area contributed by atoms with E-state index in [1.165, 1.54) is 0 Å². The first kappa shape index (κ1) is 13.1. The van der Waals surface area contributed by atoms with Gasteiger partial charge in [-0.05, 0) is 25.1 Å². The number of hydrogen-bond donors (Lipinski definition) is 1. The van der Waals surface area contributed by atoms with Gasteiger partial charge in [0.15, 0.2) is 0 Å². The van der Waals surface area contributed by atoms with E-state index in [1.54, 1.807) is 11.0 Å². The zero-order chi connectivity index (χ0) is 13.1. The maximum atomic E-state index is 6.36. The summed E-state index contributed by atoms with van der Waals surface area (Å²) in [5.74, 6) is 0.937. The van der Waals surface area contributed by atoms with Gasteiger partial charge in [-0.15, -0.1) is 0 Å². The molecule has 0 aliphatic carbocycles. The average molecular weight is 265 g/mol. The van der Waals surface area contributed by atoms with E-state index in [0.29, 0.717) is 0 Å². The largest absolute Gasteiger partial charge is 0.313 e. The van der Waals surface area contributed by atoms with E-state index in [4.69, 9.17) is 11.6 Å². The number of nitrogens with one attached hydrogen (secondary N) is 1. The van der Waals surface area contributed by atoms with Gasteiger partial charge in [-0.1, -0.05) is 29.8 Å². The maximum absolute atomic E-state index is 6.36. The van der Waals surface area contributed by atoms with Crippen LogP contribution in [0.25, 0.3) is 0 Å². The monoisotopic (exact) mass is 264 g/mol. The zero-order valence-electron chi connectivity index (χ0n) is 10.8. The summed E-state index contributed by atoms with van der Waals surface area (Å²) in [5.41, 5.74) is 2.19. The maximum Gasteiger partial charge on any atom is 0.138 e. The Morgan fingerprint density at radius 2 is 2.22 bits per heavy atom. The lowest BCUT2D eigenvalue weighted by Gasteiger charge is -2.18. The van der Waals surface area contributed by atoms with Gasteiger partial charge < -0.3 is 5.32 Å². The fraction of sp³-hybridized carbons (Fsp3) is 0.385. The van der Waals surface area contributed by atoms with Crippen molar-refractivity contribution in [1.82, 2.24) is 20.1 Å². The molecule has 5 heteroatoms. The van der Waals surface area contributed by atoms with Crippen LogP contribution in [0.2, 0.25) is 5.02 Å². The highest BCUT2D eigenvalue weighted by molar-refractivity contribution is 6.32. The van der Waals surface area contributed by atoms with Gasteiger partial charge in [0.25, 0.3) is 0 Å². The first-order valence-corrected chi connectivity index (χ1v) is 6.26. The Labute approximate surface area is 112 Å². The lowest BCUT2D eigenvalue weighted by atomic mass is 10.0. The molecule has 0 spiro atoms. The highest BCUT2D eigenvalue weighted by Gasteiger charge is 2.16. The highest BCUT2D eigenvalue weighted by Crippen LogP contribution is 2.27. The fourth-order valence-electron chi connectivity index (χ4n) is 1.99. The molecule has 0 aliphatic heterocycles. The van der Waals surface area contributed by atoms with Crippen LogP contribution in [-0.4, -0.2) is 21.8 Å². The second-order valence-electron chi connectivity index (χ2n) is 4.32. The van der Waals surface area contributed by atoms with Crippen molar-refractivity contribution in [2.75, 3.05) is 7.05 Å². The Balaban J connectivity index is 2.29.